The van der Waals surface area contributed by atoms with Crippen molar-refractivity contribution < 1.29 is 24.2 Å². The number of rotatable bonds is 6. The smallest absolute Gasteiger partial charge is 0.306 e. The molecular formula is C15H18N2O5. The summed E-state index contributed by atoms with van der Waals surface area (Å²) in [5, 5.41) is 10.2. The zero-order valence-corrected chi connectivity index (χ0v) is 12.2. The van der Waals surface area contributed by atoms with E-state index in [9.17, 15) is 14.4 Å². The molecule has 0 aromatic heterocycles. The summed E-state index contributed by atoms with van der Waals surface area (Å²) < 4.78 is 5.04. The number of anilines is 1. The third-order valence-corrected chi connectivity index (χ3v) is 3.45. The quantitative estimate of drug-likeness (QED) is 0.760. The monoisotopic (exact) mass is 306 g/mol. The fourth-order valence-electron chi connectivity index (χ4n) is 2.11. The van der Waals surface area contributed by atoms with Gasteiger partial charge in [0.2, 0.25) is 5.91 Å². The predicted octanol–water partition coefficient (Wildman–Crippen LogP) is 0.952. The molecule has 1 aliphatic heterocycles. The lowest BCUT2D eigenvalue weighted by molar-refractivity contribution is -0.151. The summed E-state index contributed by atoms with van der Waals surface area (Å²) in [6.45, 7) is 1.98. The van der Waals surface area contributed by atoms with Gasteiger partial charge in [0, 0.05) is 0 Å². The first-order chi connectivity index (χ1) is 10.4. The summed E-state index contributed by atoms with van der Waals surface area (Å²) >= 11 is 0. The summed E-state index contributed by atoms with van der Waals surface area (Å²) in [4.78, 5) is 34.0. The van der Waals surface area contributed by atoms with E-state index in [1.165, 1.54) is 0 Å². The molecule has 2 N–H and O–H groups in total. The molecule has 0 saturated carbocycles. The normalized spacial score (nSPS) is 20.6. The molecular weight excluding hydrogens is 288 g/mol. The molecule has 1 heterocycles. The van der Waals surface area contributed by atoms with Crippen LogP contribution in [0.25, 0.3) is 0 Å². The van der Waals surface area contributed by atoms with Crippen LogP contribution in [-0.2, 0) is 19.1 Å². The highest BCUT2D eigenvalue weighted by Gasteiger charge is 2.43. The van der Waals surface area contributed by atoms with Gasteiger partial charge in [-0.1, -0.05) is 18.2 Å². The Morgan fingerprint density at radius 2 is 2.00 bits per heavy atom. The van der Waals surface area contributed by atoms with E-state index in [1.807, 2.05) is 30.3 Å². The molecule has 1 atom stereocenters. The van der Waals surface area contributed by atoms with Crippen LogP contribution in [0.5, 0.6) is 0 Å². The van der Waals surface area contributed by atoms with Gasteiger partial charge in [0.1, 0.15) is 12.0 Å². The first-order valence-electron chi connectivity index (χ1n) is 6.92. The van der Waals surface area contributed by atoms with E-state index in [2.05, 4.69) is 5.43 Å². The number of esters is 1. The lowest BCUT2D eigenvalue weighted by atomic mass is 9.92. The number of hydrogen-bond donors (Lipinski definition) is 2. The zero-order valence-electron chi connectivity index (χ0n) is 12.2. The number of carbonyl (C=O) groups excluding carboxylic acids is 2. The van der Waals surface area contributed by atoms with Crippen LogP contribution in [0, 0.1) is 5.41 Å². The Balaban J connectivity index is 1.92. The van der Waals surface area contributed by atoms with Gasteiger partial charge in [-0.15, -0.1) is 0 Å². The van der Waals surface area contributed by atoms with Gasteiger partial charge in [-0.25, -0.2) is 0 Å². The molecule has 0 bridgehead atoms. The zero-order chi connectivity index (χ0) is 16.2. The fraction of sp³-hybridized carbons (Fsp3) is 0.400. The number of carboxylic acid groups (broad SMARTS) is 1. The Morgan fingerprint density at radius 3 is 2.64 bits per heavy atom. The summed E-state index contributed by atoms with van der Waals surface area (Å²) in [5.74, 6) is -1.91. The number of carbonyl (C=O) groups is 3. The third-order valence-electron chi connectivity index (χ3n) is 3.45. The van der Waals surface area contributed by atoms with Crippen molar-refractivity contribution in [2.45, 2.75) is 19.8 Å². The van der Waals surface area contributed by atoms with E-state index in [4.69, 9.17) is 9.84 Å². The SMILES string of the molecule is CC1(COC(=O)CCC(=O)O)CN(c2ccccc2)NC1=O. The average Bonchev–Trinajstić information content (AvgIpc) is 2.80. The highest BCUT2D eigenvalue weighted by atomic mass is 16.5. The summed E-state index contributed by atoms with van der Waals surface area (Å²) in [6, 6.07) is 9.34. The Kier molecular flexibility index (Phi) is 4.65. The van der Waals surface area contributed by atoms with Crippen molar-refractivity contribution in [1.29, 1.82) is 0 Å². The van der Waals surface area contributed by atoms with Crippen LogP contribution in [0.4, 0.5) is 5.69 Å². The van der Waals surface area contributed by atoms with Crippen molar-refractivity contribution in [2.24, 2.45) is 5.41 Å². The van der Waals surface area contributed by atoms with E-state index in [0.717, 1.165) is 5.69 Å². The van der Waals surface area contributed by atoms with E-state index in [0.29, 0.717) is 6.54 Å². The number of hydrazine groups is 1. The van der Waals surface area contributed by atoms with Crippen molar-refractivity contribution in [3.05, 3.63) is 30.3 Å². The lowest BCUT2D eigenvalue weighted by Crippen LogP contribution is -2.35. The van der Waals surface area contributed by atoms with Gasteiger partial charge in [0.25, 0.3) is 0 Å². The van der Waals surface area contributed by atoms with Gasteiger partial charge in [-0.2, -0.15) is 0 Å². The molecule has 2 rings (SSSR count). The van der Waals surface area contributed by atoms with Gasteiger partial charge in [0.05, 0.1) is 25.1 Å². The molecule has 1 amide bonds. The van der Waals surface area contributed by atoms with Crippen LogP contribution >= 0.6 is 0 Å². The highest BCUT2D eigenvalue weighted by Crippen LogP contribution is 2.28. The largest absolute Gasteiger partial charge is 0.481 e. The van der Waals surface area contributed by atoms with Gasteiger partial charge < -0.3 is 9.84 Å². The van der Waals surface area contributed by atoms with E-state index in [-0.39, 0.29) is 25.4 Å². The van der Waals surface area contributed by atoms with Crippen LogP contribution in [0.1, 0.15) is 19.8 Å². The number of nitrogens with zero attached hydrogens (tertiary/aromatic N) is 1. The minimum atomic E-state index is -1.06. The molecule has 1 saturated heterocycles. The number of aliphatic carboxylic acids is 1. The Labute approximate surface area is 127 Å². The van der Waals surface area contributed by atoms with Crippen molar-refractivity contribution in [1.82, 2.24) is 5.43 Å². The average molecular weight is 306 g/mol. The Hall–Kier alpha value is -2.57. The molecule has 1 unspecified atom stereocenters. The molecule has 1 aromatic carbocycles. The van der Waals surface area contributed by atoms with Gasteiger partial charge in [0.15, 0.2) is 0 Å². The molecule has 0 spiro atoms. The van der Waals surface area contributed by atoms with Crippen molar-refractivity contribution >= 4 is 23.5 Å². The fourth-order valence-corrected chi connectivity index (χ4v) is 2.11. The standard InChI is InChI=1S/C15H18N2O5/c1-15(10-22-13(20)8-7-12(18)19)9-17(16-14(15)21)11-5-3-2-4-6-11/h2-6H,7-10H2,1H3,(H,16,21)(H,18,19). The minimum absolute atomic E-state index is 0.0827. The summed E-state index contributed by atoms with van der Waals surface area (Å²) in [5.41, 5.74) is 2.72. The van der Waals surface area contributed by atoms with E-state index in [1.54, 1.807) is 11.9 Å². The van der Waals surface area contributed by atoms with Crippen LogP contribution in [0.2, 0.25) is 0 Å². The molecule has 118 valence electrons. The number of ether oxygens (including phenoxy) is 1. The van der Waals surface area contributed by atoms with Crippen LogP contribution < -0.4 is 10.4 Å². The number of benzene rings is 1. The molecule has 22 heavy (non-hydrogen) atoms. The van der Waals surface area contributed by atoms with Crippen LogP contribution in [0.3, 0.4) is 0 Å². The van der Waals surface area contributed by atoms with Crippen LogP contribution in [-0.4, -0.2) is 36.1 Å². The summed E-state index contributed by atoms with van der Waals surface area (Å²) in [7, 11) is 0. The van der Waals surface area contributed by atoms with Crippen LogP contribution in [0.15, 0.2) is 30.3 Å². The lowest BCUT2D eigenvalue weighted by Gasteiger charge is -2.21. The second-order valence-corrected chi connectivity index (χ2v) is 5.48. The number of nitrogens with one attached hydrogen (secondary N) is 1. The Bertz CT molecular complexity index is 575. The molecule has 1 aromatic rings. The number of para-hydroxylation sites is 1. The number of amides is 1. The maximum Gasteiger partial charge on any atom is 0.306 e. The number of hydrogen-bond acceptors (Lipinski definition) is 5. The molecule has 7 nitrogen and oxygen atoms in total. The second kappa shape index (κ2) is 6.46. The predicted molar refractivity (Wildman–Crippen MR) is 77.9 cm³/mol. The highest BCUT2D eigenvalue weighted by molar-refractivity contribution is 5.88. The second-order valence-electron chi connectivity index (χ2n) is 5.48. The molecule has 1 aliphatic rings. The molecule has 0 aliphatic carbocycles. The van der Waals surface area contributed by atoms with Gasteiger partial charge in [-0.3, -0.25) is 24.8 Å². The van der Waals surface area contributed by atoms with E-state index < -0.39 is 17.4 Å². The maximum atomic E-state index is 12.1. The van der Waals surface area contributed by atoms with E-state index >= 15 is 0 Å². The maximum absolute atomic E-state index is 12.1. The topological polar surface area (TPSA) is 95.9 Å². The molecule has 0 radical (unpaired) electrons. The minimum Gasteiger partial charge on any atom is -0.481 e. The van der Waals surface area contributed by atoms with Gasteiger partial charge >= 0.3 is 11.9 Å². The molecule has 1 fully saturated rings. The van der Waals surface area contributed by atoms with Crippen molar-refractivity contribution in [2.75, 3.05) is 18.2 Å². The third kappa shape index (κ3) is 3.75. The van der Waals surface area contributed by atoms with Crippen molar-refractivity contribution in [3.8, 4) is 0 Å². The number of carboxylic acids is 1. The first kappa shape index (κ1) is 15.8. The Morgan fingerprint density at radius 1 is 1.32 bits per heavy atom. The summed E-state index contributed by atoms with van der Waals surface area (Å²) in [6.07, 6.45) is -0.479. The molecule has 7 heteroatoms. The van der Waals surface area contributed by atoms with Gasteiger partial charge in [-0.05, 0) is 19.1 Å². The van der Waals surface area contributed by atoms with Crippen molar-refractivity contribution in [3.63, 3.8) is 0 Å². The first-order valence-corrected chi connectivity index (χ1v) is 6.92.